The van der Waals surface area contributed by atoms with Crippen molar-refractivity contribution in [2.75, 3.05) is 13.6 Å². The van der Waals surface area contributed by atoms with Gasteiger partial charge in [-0.1, -0.05) is 27.4 Å². The predicted octanol–water partition coefficient (Wildman–Crippen LogP) is 3.28. The summed E-state index contributed by atoms with van der Waals surface area (Å²) < 4.78 is 0. The molecule has 0 rings (SSSR count). The van der Waals surface area contributed by atoms with E-state index in [1.54, 1.807) is 0 Å². The van der Waals surface area contributed by atoms with Crippen LogP contribution in [0.2, 0.25) is 0 Å². The molecular weight excluding hydrogens is 146 g/mol. The summed E-state index contributed by atoms with van der Waals surface area (Å²) in [5.74, 6) is 0.789. The average Bonchev–Trinajstić information content (AvgIpc) is 2.00. The Kier molecular flexibility index (Phi) is 5.87. The van der Waals surface area contributed by atoms with Crippen molar-refractivity contribution >= 4 is 0 Å². The molecule has 0 aromatic carbocycles. The van der Waals surface area contributed by atoms with Gasteiger partial charge in [-0.25, -0.2) is 0 Å². The zero-order valence-corrected chi connectivity index (χ0v) is 9.06. The van der Waals surface area contributed by atoms with Crippen LogP contribution in [0.3, 0.4) is 0 Å². The highest BCUT2D eigenvalue weighted by Crippen LogP contribution is 2.12. The number of rotatable bonds is 6. The fraction of sp³-hybridized carbons (Fsp3) is 0.818. The fourth-order valence-corrected chi connectivity index (χ4v) is 1.14. The summed E-state index contributed by atoms with van der Waals surface area (Å²) in [5.41, 5.74) is 1.28. The van der Waals surface area contributed by atoms with E-state index in [0.717, 1.165) is 18.9 Å². The summed E-state index contributed by atoms with van der Waals surface area (Å²) in [6.45, 7) is 11.9. The Labute approximate surface area is 77.5 Å². The Morgan fingerprint density at radius 3 is 2.42 bits per heavy atom. The van der Waals surface area contributed by atoms with Crippen LogP contribution >= 0.6 is 0 Å². The summed E-state index contributed by atoms with van der Waals surface area (Å²) in [6.07, 6.45) is 3.61. The minimum Gasteiger partial charge on any atom is -0.378 e. The normalized spacial score (nSPS) is 10.4. The van der Waals surface area contributed by atoms with Gasteiger partial charge in [-0.3, -0.25) is 0 Å². The minimum absolute atomic E-state index is 0.789. The van der Waals surface area contributed by atoms with Gasteiger partial charge in [0.05, 0.1) is 0 Å². The molecule has 1 nitrogen and oxygen atoms in total. The molecule has 0 N–H and O–H groups in total. The van der Waals surface area contributed by atoms with E-state index < -0.39 is 0 Å². The molecule has 0 radical (unpaired) electrons. The highest BCUT2D eigenvalue weighted by molar-refractivity contribution is 4.91. The van der Waals surface area contributed by atoms with Gasteiger partial charge in [0.15, 0.2) is 0 Å². The van der Waals surface area contributed by atoms with Crippen molar-refractivity contribution in [3.8, 4) is 0 Å². The van der Waals surface area contributed by atoms with Gasteiger partial charge in [-0.05, 0) is 25.2 Å². The van der Waals surface area contributed by atoms with Crippen molar-refractivity contribution in [1.29, 1.82) is 0 Å². The largest absolute Gasteiger partial charge is 0.378 e. The number of hydrogen-bond donors (Lipinski definition) is 0. The van der Waals surface area contributed by atoms with Gasteiger partial charge in [-0.2, -0.15) is 0 Å². The van der Waals surface area contributed by atoms with Gasteiger partial charge in [0.2, 0.25) is 0 Å². The van der Waals surface area contributed by atoms with Gasteiger partial charge >= 0.3 is 0 Å². The molecule has 0 aliphatic carbocycles. The van der Waals surface area contributed by atoms with E-state index in [1.807, 2.05) is 0 Å². The molecule has 0 aromatic heterocycles. The summed E-state index contributed by atoms with van der Waals surface area (Å²) in [6, 6.07) is 0. The third-order valence-electron chi connectivity index (χ3n) is 2.11. The van der Waals surface area contributed by atoms with Crippen molar-refractivity contribution in [3.63, 3.8) is 0 Å². The molecule has 0 atom stereocenters. The van der Waals surface area contributed by atoms with Crippen LogP contribution in [-0.2, 0) is 0 Å². The van der Waals surface area contributed by atoms with Crippen molar-refractivity contribution in [2.24, 2.45) is 5.92 Å². The lowest BCUT2D eigenvalue weighted by atomic mass is 10.1. The van der Waals surface area contributed by atoms with E-state index in [2.05, 4.69) is 39.3 Å². The van der Waals surface area contributed by atoms with Gasteiger partial charge in [0.25, 0.3) is 0 Å². The molecule has 0 aliphatic heterocycles. The number of nitrogens with zero attached hydrogens (tertiary/aromatic N) is 1. The molecule has 0 unspecified atom stereocenters. The molecule has 12 heavy (non-hydrogen) atoms. The van der Waals surface area contributed by atoms with Crippen LogP contribution in [0, 0.1) is 5.92 Å². The van der Waals surface area contributed by atoms with Crippen LogP contribution in [0.5, 0.6) is 0 Å². The second kappa shape index (κ2) is 6.10. The summed E-state index contributed by atoms with van der Waals surface area (Å²) in [4.78, 5) is 2.27. The van der Waals surface area contributed by atoms with E-state index in [4.69, 9.17) is 0 Å². The van der Waals surface area contributed by atoms with Crippen molar-refractivity contribution < 1.29 is 0 Å². The average molecular weight is 169 g/mol. The maximum atomic E-state index is 4.07. The predicted molar refractivity (Wildman–Crippen MR) is 56.1 cm³/mol. The minimum atomic E-state index is 0.789. The summed E-state index contributed by atoms with van der Waals surface area (Å²) in [7, 11) is 2.13. The Morgan fingerprint density at radius 2 is 2.00 bits per heavy atom. The highest BCUT2D eigenvalue weighted by atomic mass is 15.1. The lowest BCUT2D eigenvalue weighted by molar-refractivity contribution is 0.390. The van der Waals surface area contributed by atoms with E-state index in [-0.39, 0.29) is 0 Å². The number of hydrogen-bond acceptors (Lipinski definition) is 1. The van der Waals surface area contributed by atoms with E-state index in [1.165, 1.54) is 18.5 Å². The second-order valence-corrected chi connectivity index (χ2v) is 3.92. The van der Waals surface area contributed by atoms with Gasteiger partial charge < -0.3 is 4.90 Å². The molecule has 1 heteroatoms. The summed E-state index contributed by atoms with van der Waals surface area (Å²) in [5, 5.41) is 0. The number of allylic oxidation sites excluding steroid dienone is 1. The Hall–Kier alpha value is -0.460. The Bertz CT molecular complexity index is 127. The van der Waals surface area contributed by atoms with E-state index >= 15 is 0 Å². The van der Waals surface area contributed by atoms with Crippen LogP contribution in [0.15, 0.2) is 12.3 Å². The van der Waals surface area contributed by atoms with Gasteiger partial charge in [-0.15, -0.1) is 0 Å². The Balaban J connectivity index is 3.57. The molecule has 0 amide bonds. The monoisotopic (exact) mass is 169 g/mol. The summed E-state index contributed by atoms with van der Waals surface area (Å²) >= 11 is 0. The maximum absolute atomic E-state index is 4.07. The highest BCUT2D eigenvalue weighted by Gasteiger charge is 2.01. The first-order valence-electron chi connectivity index (χ1n) is 4.96. The van der Waals surface area contributed by atoms with Crippen LogP contribution in [0.1, 0.15) is 40.0 Å². The zero-order chi connectivity index (χ0) is 9.56. The molecule has 0 bridgehead atoms. The molecule has 0 heterocycles. The molecule has 0 aromatic rings. The molecular formula is C11H23N. The van der Waals surface area contributed by atoms with E-state index in [0.29, 0.717) is 0 Å². The van der Waals surface area contributed by atoms with Crippen LogP contribution < -0.4 is 0 Å². The third-order valence-corrected chi connectivity index (χ3v) is 2.11. The zero-order valence-electron chi connectivity index (χ0n) is 9.06. The lowest BCUT2D eigenvalue weighted by Gasteiger charge is -2.21. The SMILES string of the molecule is C=C(CCC(C)C)N(C)CCC. The Morgan fingerprint density at radius 1 is 1.42 bits per heavy atom. The molecule has 0 fully saturated rings. The third kappa shape index (κ3) is 5.22. The first-order valence-corrected chi connectivity index (χ1v) is 4.96. The fourth-order valence-electron chi connectivity index (χ4n) is 1.14. The van der Waals surface area contributed by atoms with Crippen molar-refractivity contribution in [2.45, 2.75) is 40.0 Å². The second-order valence-electron chi connectivity index (χ2n) is 3.92. The van der Waals surface area contributed by atoms with E-state index in [9.17, 15) is 0 Å². The molecule has 0 saturated carbocycles. The maximum Gasteiger partial charge on any atom is 0.0168 e. The quantitative estimate of drug-likeness (QED) is 0.590. The molecule has 0 spiro atoms. The molecule has 72 valence electrons. The standard InChI is InChI=1S/C11H23N/c1-6-9-12(5)11(4)8-7-10(2)3/h10H,4,6-9H2,1-3,5H3. The van der Waals surface area contributed by atoms with Gasteiger partial charge in [0, 0.05) is 19.3 Å². The van der Waals surface area contributed by atoms with Crippen LogP contribution in [0.4, 0.5) is 0 Å². The van der Waals surface area contributed by atoms with Crippen LogP contribution in [0.25, 0.3) is 0 Å². The molecule has 0 saturated heterocycles. The van der Waals surface area contributed by atoms with Crippen LogP contribution in [-0.4, -0.2) is 18.5 Å². The first kappa shape index (κ1) is 11.5. The van der Waals surface area contributed by atoms with Crippen molar-refractivity contribution in [1.82, 2.24) is 4.90 Å². The smallest absolute Gasteiger partial charge is 0.0168 e. The lowest BCUT2D eigenvalue weighted by Crippen LogP contribution is -2.17. The first-order chi connectivity index (χ1) is 5.57. The van der Waals surface area contributed by atoms with Crippen molar-refractivity contribution in [3.05, 3.63) is 12.3 Å². The molecule has 0 aliphatic rings. The van der Waals surface area contributed by atoms with Gasteiger partial charge in [0.1, 0.15) is 0 Å². The topological polar surface area (TPSA) is 3.24 Å².